The molecule has 1 fully saturated rings. The molecule has 1 aromatic carbocycles. The van der Waals surface area contributed by atoms with Crippen LogP contribution in [0.3, 0.4) is 0 Å². The molecule has 3 heterocycles. The van der Waals surface area contributed by atoms with Gasteiger partial charge < -0.3 is 30.1 Å². The lowest BCUT2D eigenvalue weighted by Crippen LogP contribution is -2.39. The van der Waals surface area contributed by atoms with Crippen molar-refractivity contribution in [2.75, 3.05) is 17.2 Å². The number of nitrogens with zero attached hydrogens (tertiary/aromatic N) is 2. The number of aromatic nitrogens is 3. The highest BCUT2D eigenvalue weighted by molar-refractivity contribution is 6.33. The first-order valence-corrected chi connectivity index (χ1v) is 12.8. The van der Waals surface area contributed by atoms with Crippen LogP contribution in [-0.2, 0) is 9.53 Å². The summed E-state index contributed by atoms with van der Waals surface area (Å²) in [6.45, 7) is 5.47. The quantitative estimate of drug-likeness (QED) is 0.229. The molecule has 5 rings (SSSR count). The molecule has 4 aromatic rings. The molecule has 40 heavy (non-hydrogen) atoms. The lowest BCUT2D eigenvalue weighted by atomic mass is 10.1. The average molecular weight is 569 g/mol. The van der Waals surface area contributed by atoms with E-state index in [9.17, 15) is 18.8 Å². The highest BCUT2D eigenvalue weighted by Crippen LogP contribution is 2.46. The van der Waals surface area contributed by atoms with Gasteiger partial charge >= 0.3 is 6.09 Å². The summed E-state index contributed by atoms with van der Waals surface area (Å²) in [7, 11) is 0. The van der Waals surface area contributed by atoms with Gasteiger partial charge in [-0.1, -0.05) is 11.6 Å². The van der Waals surface area contributed by atoms with Crippen LogP contribution in [0.5, 0.6) is 0 Å². The van der Waals surface area contributed by atoms with Crippen LogP contribution in [0.1, 0.15) is 44.2 Å². The predicted molar refractivity (Wildman–Crippen MR) is 145 cm³/mol. The number of H-pyrrole nitrogens is 1. The zero-order valence-corrected chi connectivity index (χ0v) is 22.6. The molecule has 0 radical (unpaired) electrons. The lowest BCUT2D eigenvalue weighted by Gasteiger charge is -2.21. The number of nitrogens with one attached hydrogen (secondary N) is 4. The van der Waals surface area contributed by atoms with E-state index in [2.05, 4.69) is 30.9 Å². The van der Waals surface area contributed by atoms with Crippen LogP contribution in [0.2, 0.25) is 5.02 Å². The number of ether oxygens (including phenoxy) is 1. The molecule has 1 aliphatic rings. The van der Waals surface area contributed by atoms with Crippen molar-refractivity contribution in [3.05, 3.63) is 59.4 Å². The number of alkyl carbamates (subject to hydrolysis) is 1. The van der Waals surface area contributed by atoms with Crippen molar-refractivity contribution in [3.63, 3.8) is 0 Å². The molecule has 4 N–H and O–H groups in total. The molecule has 0 unspecified atom stereocenters. The zero-order chi connectivity index (χ0) is 28.7. The van der Waals surface area contributed by atoms with Crippen LogP contribution in [0.15, 0.2) is 47.0 Å². The third-order valence-corrected chi connectivity index (χ3v) is 6.51. The maximum Gasteiger partial charge on any atom is 0.407 e. The van der Waals surface area contributed by atoms with E-state index < -0.39 is 29.0 Å². The van der Waals surface area contributed by atoms with E-state index in [1.165, 1.54) is 12.3 Å². The molecule has 1 aliphatic carbocycles. The normalized spacial score (nSPS) is 14.0. The average Bonchev–Trinajstić information content (AvgIpc) is 3.36. The fraction of sp³-hybridized carbons (Fsp3) is 0.296. The number of carbonyl (C=O) groups excluding carboxylic acids is 3. The van der Waals surface area contributed by atoms with Crippen LogP contribution in [-0.4, -0.2) is 45.0 Å². The third kappa shape index (κ3) is 6.07. The van der Waals surface area contributed by atoms with Crippen LogP contribution >= 0.6 is 11.6 Å². The number of rotatable bonds is 7. The van der Waals surface area contributed by atoms with Crippen LogP contribution in [0.25, 0.3) is 22.6 Å². The molecule has 13 heteroatoms. The second kappa shape index (κ2) is 10.3. The van der Waals surface area contributed by atoms with Gasteiger partial charge in [0.25, 0.3) is 11.9 Å². The molecular formula is C27H26ClFN6O5. The Bertz CT molecular complexity index is 1620. The standard InChI is InChI=1S/C27H26ClFN6O5/c1-26(2,3)40-25(38)31-13-27(8-9-27)24(37)33-15-11-18-22(30-12-15)35-21(34-18)16-10-14(4-5-17(16)28)32-23(36)19-6-7-20(29)39-19/h4-7,10-12H,8-9,13H2,1-3H3,(H,31,38)(H,32,36)(H,33,37)(H,30,34,35). The topological polar surface area (TPSA) is 151 Å². The first kappa shape index (κ1) is 27.1. The number of anilines is 2. The van der Waals surface area contributed by atoms with Crippen molar-refractivity contribution in [1.29, 1.82) is 0 Å². The minimum absolute atomic E-state index is 0.165. The molecule has 0 saturated heterocycles. The fourth-order valence-corrected chi connectivity index (χ4v) is 4.17. The summed E-state index contributed by atoms with van der Waals surface area (Å²) in [5, 5.41) is 8.53. The number of pyridine rings is 1. The Kier molecular flexibility index (Phi) is 6.96. The zero-order valence-electron chi connectivity index (χ0n) is 21.9. The first-order valence-electron chi connectivity index (χ1n) is 12.4. The lowest BCUT2D eigenvalue weighted by molar-refractivity contribution is -0.120. The minimum Gasteiger partial charge on any atom is -0.444 e. The maximum atomic E-state index is 13.1. The van der Waals surface area contributed by atoms with Gasteiger partial charge in [0, 0.05) is 23.9 Å². The molecule has 1 saturated carbocycles. The Labute approximate surface area is 232 Å². The SMILES string of the molecule is CC(C)(C)OC(=O)NCC1(C(=O)Nc2cnc3nc(-c4cc(NC(=O)c5ccc(F)o5)ccc4Cl)[nH]c3c2)CC1. The van der Waals surface area contributed by atoms with E-state index in [-0.39, 0.29) is 18.2 Å². The van der Waals surface area contributed by atoms with Gasteiger partial charge in [-0.05, 0) is 63.9 Å². The number of benzene rings is 1. The smallest absolute Gasteiger partial charge is 0.407 e. The van der Waals surface area contributed by atoms with Gasteiger partial charge in [-0.25, -0.2) is 14.8 Å². The summed E-state index contributed by atoms with van der Waals surface area (Å²) >= 11 is 6.40. The molecule has 0 spiro atoms. The molecule has 3 amide bonds. The Morgan fingerprint density at radius 2 is 1.90 bits per heavy atom. The molecule has 0 bridgehead atoms. The van der Waals surface area contributed by atoms with Gasteiger partial charge in [-0.3, -0.25) is 9.59 Å². The van der Waals surface area contributed by atoms with Gasteiger partial charge in [-0.15, -0.1) is 0 Å². The van der Waals surface area contributed by atoms with Crippen molar-refractivity contribution in [1.82, 2.24) is 20.3 Å². The van der Waals surface area contributed by atoms with Crippen molar-refractivity contribution in [3.8, 4) is 11.4 Å². The maximum absolute atomic E-state index is 13.1. The summed E-state index contributed by atoms with van der Waals surface area (Å²) in [4.78, 5) is 49.3. The minimum atomic E-state index is -0.864. The number of furan rings is 1. The number of amides is 3. The summed E-state index contributed by atoms with van der Waals surface area (Å²) in [6.07, 6.45) is 2.19. The highest BCUT2D eigenvalue weighted by atomic mass is 35.5. The molecular weight excluding hydrogens is 543 g/mol. The van der Waals surface area contributed by atoms with E-state index in [0.29, 0.717) is 51.8 Å². The third-order valence-electron chi connectivity index (χ3n) is 6.18. The Hall–Kier alpha value is -4.45. The summed E-state index contributed by atoms with van der Waals surface area (Å²) in [5.41, 5.74) is 0.918. The molecule has 0 atom stereocenters. The van der Waals surface area contributed by atoms with Gasteiger partial charge in [0.05, 0.1) is 27.8 Å². The second-order valence-electron chi connectivity index (χ2n) is 10.5. The van der Waals surface area contributed by atoms with E-state index in [4.69, 9.17) is 20.8 Å². The number of halogens is 2. The summed E-state index contributed by atoms with van der Waals surface area (Å²) in [6, 6.07) is 7.88. The Morgan fingerprint density at radius 1 is 1.12 bits per heavy atom. The van der Waals surface area contributed by atoms with Crippen LogP contribution < -0.4 is 16.0 Å². The van der Waals surface area contributed by atoms with Gasteiger partial charge in [0.2, 0.25) is 5.91 Å². The van der Waals surface area contributed by atoms with Crippen molar-refractivity contribution in [2.24, 2.45) is 5.41 Å². The summed E-state index contributed by atoms with van der Waals surface area (Å²) in [5.74, 6) is -0.646. The summed E-state index contributed by atoms with van der Waals surface area (Å²) < 4.78 is 23.1. The van der Waals surface area contributed by atoms with Gasteiger partial charge in [0.15, 0.2) is 11.4 Å². The molecule has 3 aromatic heterocycles. The molecule has 0 aliphatic heterocycles. The van der Waals surface area contributed by atoms with Crippen LogP contribution in [0.4, 0.5) is 20.6 Å². The largest absolute Gasteiger partial charge is 0.444 e. The van der Waals surface area contributed by atoms with E-state index >= 15 is 0 Å². The van der Waals surface area contributed by atoms with Crippen molar-refractivity contribution >= 4 is 52.0 Å². The number of aromatic amines is 1. The fourth-order valence-electron chi connectivity index (χ4n) is 3.96. The Morgan fingerprint density at radius 3 is 2.58 bits per heavy atom. The van der Waals surface area contributed by atoms with Crippen LogP contribution in [0, 0.1) is 11.4 Å². The number of fused-ring (bicyclic) bond motifs is 1. The Balaban J connectivity index is 1.28. The highest BCUT2D eigenvalue weighted by Gasteiger charge is 2.50. The monoisotopic (exact) mass is 568 g/mol. The van der Waals surface area contributed by atoms with E-state index in [1.54, 1.807) is 45.0 Å². The van der Waals surface area contributed by atoms with Gasteiger partial charge in [-0.2, -0.15) is 4.39 Å². The number of imidazole rings is 1. The number of hydrogen-bond acceptors (Lipinski definition) is 7. The van der Waals surface area contributed by atoms with E-state index in [0.717, 1.165) is 6.07 Å². The van der Waals surface area contributed by atoms with E-state index in [1.807, 2.05) is 0 Å². The van der Waals surface area contributed by atoms with Crippen molar-refractivity contribution < 1.29 is 27.9 Å². The second-order valence-corrected chi connectivity index (χ2v) is 10.9. The number of hydrogen-bond donors (Lipinski definition) is 4. The molecule has 208 valence electrons. The predicted octanol–water partition coefficient (Wildman–Crippen LogP) is 5.51. The number of carbonyl (C=O) groups is 3. The first-order chi connectivity index (χ1) is 18.9. The molecule has 11 nitrogen and oxygen atoms in total. The van der Waals surface area contributed by atoms with Crippen molar-refractivity contribution in [2.45, 2.75) is 39.2 Å². The van der Waals surface area contributed by atoms with Gasteiger partial charge in [0.1, 0.15) is 11.4 Å².